The number of piperidine rings is 1. The SMILES string of the molecule is Fc1cc2ncn(CC3CCOCC3)c2cc1-c1ccnc2[nH]c(C3CCNCC3)cc12. The third kappa shape index (κ3) is 3.59. The van der Waals surface area contributed by atoms with Gasteiger partial charge in [-0.2, -0.15) is 0 Å². The molecule has 6 nitrogen and oxygen atoms in total. The standard InChI is InChI=1S/C25H28FN5O/c26-21-13-23-24(31(15-29-23)14-16-4-9-32-10-5-16)12-19(21)18-3-8-28-25-20(18)11-22(30-25)17-1-6-27-7-2-17/h3,8,11-13,15-17,27H,1-2,4-7,9-10,14H2,(H,28,30). The van der Waals surface area contributed by atoms with Gasteiger partial charge in [-0.05, 0) is 68.5 Å². The minimum Gasteiger partial charge on any atom is -0.381 e. The van der Waals surface area contributed by atoms with Gasteiger partial charge in [-0.3, -0.25) is 0 Å². The average Bonchev–Trinajstić information content (AvgIpc) is 3.44. The Hall–Kier alpha value is -2.77. The van der Waals surface area contributed by atoms with Crippen LogP contribution in [0.4, 0.5) is 4.39 Å². The van der Waals surface area contributed by atoms with Gasteiger partial charge in [-0.25, -0.2) is 14.4 Å². The molecule has 0 amide bonds. The number of imidazole rings is 1. The van der Waals surface area contributed by atoms with E-state index in [-0.39, 0.29) is 5.82 Å². The van der Waals surface area contributed by atoms with E-state index in [4.69, 9.17) is 4.74 Å². The van der Waals surface area contributed by atoms with Gasteiger partial charge in [0.1, 0.15) is 11.5 Å². The van der Waals surface area contributed by atoms with Crippen LogP contribution in [0.15, 0.2) is 36.8 Å². The van der Waals surface area contributed by atoms with Gasteiger partial charge in [0.05, 0.1) is 17.4 Å². The summed E-state index contributed by atoms with van der Waals surface area (Å²) in [6.45, 7) is 4.59. The highest BCUT2D eigenvalue weighted by Crippen LogP contribution is 2.35. The molecule has 32 heavy (non-hydrogen) atoms. The second-order valence-electron chi connectivity index (χ2n) is 9.14. The van der Waals surface area contributed by atoms with Crippen LogP contribution >= 0.6 is 0 Å². The van der Waals surface area contributed by atoms with Crippen LogP contribution in [-0.2, 0) is 11.3 Å². The minimum atomic E-state index is -0.245. The summed E-state index contributed by atoms with van der Waals surface area (Å²) < 4.78 is 22.9. The van der Waals surface area contributed by atoms with Crippen molar-refractivity contribution in [2.75, 3.05) is 26.3 Å². The first-order valence-corrected chi connectivity index (χ1v) is 11.7. The fourth-order valence-electron chi connectivity index (χ4n) is 5.27. The fraction of sp³-hybridized carbons (Fsp3) is 0.440. The van der Waals surface area contributed by atoms with Crippen molar-refractivity contribution in [3.05, 3.63) is 48.3 Å². The molecule has 4 aromatic rings. The average molecular weight is 434 g/mol. The number of aromatic nitrogens is 4. The largest absolute Gasteiger partial charge is 0.381 e. The smallest absolute Gasteiger partial charge is 0.138 e. The van der Waals surface area contributed by atoms with Crippen molar-refractivity contribution in [2.45, 2.75) is 38.1 Å². The predicted octanol–water partition coefficient (Wildman–Crippen LogP) is 4.61. The molecule has 5 heterocycles. The lowest BCUT2D eigenvalue weighted by Gasteiger charge is -2.22. The zero-order valence-electron chi connectivity index (χ0n) is 18.1. The number of benzene rings is 1. The van der Waals surface area contributed by atoms with Gasteiger partial charge in [-0.15, -0.1) is 0 Å². The topological polar surface area (TPSA) is 67.8 Å². The molecule has 2 aliphatic heterocycles. The molecule has 0 aliphatic carbocycles. The molecule has 3 aromatic heterocycles. The zero-order chi connectivity index (χ0) is 21.5. The van der Waals surface area contributed by atoms with Gasteiger partial charge in [0.2, 0.25) is 0 Å². The predicted molar refractivity (Wildman–Crippen MR) is 123 cm³/mol. The molecule has 0 unspecified atom stereocenters. The lowest BCUT2D eigenvalue weighted by Crippen LogP contribution is -2.26. The number of H-pyrrole nitrogens is 1. The molecule has 166 valence electrons. The second-order valence-corrected chi connectivity index (χ2v) is 9.14. The van der Waals surface area contributed by atoms with E-state index in [0.29, 0.717) is 22.9 Å². The van der Waals surface area contributed by atoms with Crippen LogP contribution in [0.3, 0.4) is 0 Å². The molecule has 7 heteroatoms. The van der Waals surface area contributed by atoms with E-state index in [1.165, 1.54) is 5.69 Å². The van der Waals surface area contributed by atoms with E-state index >= 15 is 4.39 Å². The number of nitrogens with one attached hydrogen (secondary N) is 2. The Bertz CT molecular complexity index is 1250. The van der Waals surface area contributed by atoms with Gasteiger partial charge in [0.15, 0.2) is 0 Å². The Kier molecular flexibility index (Phi) is 5.15. The highest BCUT2D eigenvalue weighted by atomic mass is 19.1. The number of halogens is 1. The van der Waals surface area contributed by atoms with Gasteiger partial charge < -0.3 is 19.6 Å². The molecule has 0 atom stereocenters. The number of rotatable bonds is 4. The molecule has 0 radical (unpaired) electrons. The highest BCUT2D eigenvalue weighted by molar-refractivity contribution is 5.96. The van der Waals surface area contributed by atoms with Crippen LogP contribution in [0.1, 0.15) is 37.3 Å². The molecule has 0 spiro atoms. The Morgan fingerprint density at radius 1 is 1.03 bits per heavy atom. The minimum absolute atomic E-state index is 0.245. The summed E-state index contributed by atoms with van der Waals surface area (Å²) in [5.41, 5.74) is 5.19. The summed E-state index contributed by atoms with van der Waals surface area (Å²) in [4.78, 5) is 12.5. The normalized spacial score (nSPS) is 18.7. The van der Waals surface area contributed by atoms with Crippen LogP contribution in [0, 0.1) is 11.7 Å². The van der Waals surface area contributed by atoms with E-state index in [9.17, 15) is 0 Å². The van der Waals surface area contributed by atoms with E-state index < -0.39 is 0 Å². The van der Waals surface area contributed by atoms with Gasteiger partial charge in [0.25, 0.3) is 0 Å². The van der Waals surface area contributed by atoms with Crippen LogP contribution in [0.25, 0.3) is 33.2 Å². The Labute approximate surface area is 186 Å². The van der Waals surface area contributed by atoms with Crippen molar-refractivity contribution in [1.82, 2.24) is 24.8 Å². The highest BCUT2D eigenvalue weighted by Gasteiger charge is 2.21. The molecule has 2 N–H and O–H groups in total. The summed E-state index contributed by atoms with van der Waals surface area (Å²) in [5, 5.41) is 4.40. The summed E-state index contributed by atoms with van der Waals surface area (Å²) in [7, 11) is 0. The first kappa shape index (κ1) is 19.9. The molecule has 6 rings (SSSR count). The van der Waals surface area contributed by atoms with Gasteiger partial charge in [-0.1, -0.05) is 0 Å². The summed E-state index contributed by atoms with van der Waals surface area (Å²) in [5.74, 6) is 0.817. The van der Waals surface area contributed by atoms with Gasteiger partial charge >= 0.3 is 0 Å². The monoisotopic (exact) mass is 433 g/mol. The van der Waals surface area contributed by atoms with E-state index in [2.05, 4.69) is 30.9 Å². The third-order valence-corrected chi connectivity index (χ3v) is 7.13. The molecule has 2 saturated heterocycles. The van der Waals surface area contributed by atoms with E-state index in [1.807, 2.05) is 18.5 Å². The van der Waals surface area contributed by atoms with Gasteiger partial charge in [0, 0.05) is 54.6 Å². The Morgan fingerprint density at radius 2 is 1.88 bits per heavy atom. The van der Waals surface area contributed by atoms with Crippen molar-refractivity contribution < 1.29 is 9.13 Å². The number of nitrogens with zero attached hydrogens (tertiary/aromatic N) is 3. The summed E-state index contributed by atoms with van der Waals surface area (Å²) in [6, 6.07) is 7.63. The maximum Gasteiger partial charge on any atom is 0.138 e. The Morgan fingerprint density at radius 3 is 2.72 bits per heavy atom. The van der Waals surface area contributed by atoms with Crippen LogP contribution in [0.2, 0.25) is 0 Å². The van der Waals surface area contributed by atoms with Crippen LogP contribution in [0.5, 0.6) is 0 Å². The number of pyridine rings is 1. The van der Waals surface area contributed by atoms with Crippen molar-refractivity contribution in [1.29, 1.82) is 0 Å². The van der Waals surface area contributed by atoms with Crippen LogP contribution < -0.4 is 5.32 Å². The lowest BCUT2D eigenvalue weighted by molar-refractivity contribution is 0.0616. The first-order chi connectivity index (χ1) is 15.8. The summed E-state index contributed by atoms with van der Waals surface area (Å²) >= 11 is 0. The van der Waals surface area contributed by atoms with Crippen molar-refractivity contribution in [2.24, 2.45) is 5.92 Å². The Balaban J connectivity index is 1.41. The number of aromatic amines is 1. The lowest BCUT2D eigenvalue weighted by atomic mass is 9.94. The quantitative estimate of drug-likeness (QED) is 0.493. The third-order valence-electron chi connectivity index (χ3n) is 7.13. The maximum atomic E-state index is 15.3. The number of hydrogen-bond acceptors (Lipinski definition) is 4. The van der Waals surface area contributed by atoms with E-state index in [0.717, 1.165) is 80.6 Å². The molecular weight excluding hydrogens is 405 g/mol. The fourth-order valence-corrected chi connectivity index (χ4v) is 5.27. The molecular formula is C25H28FN5O. The maximum absolute atomic E-state index is 15.3. The molecule has 2 fully saturated rings. The van der Waals surface area contributed by atoms with Crippen LogP contribution in [-0.4, -0.2) is 45.8 Å². The van der Waals surface area contributed by atoms with Crippen molar-refractivity contribution >= 4 is 22.1 Å². The number of fused-ring (bicyclic) bond motifs is 2. The number of ether oxygens (including phenoxy) is 1. The second kappa shape index (κ2) is 8.30. The summed E-state index contributed by atoms with van der Waals surface area (Å²) in [6.07, 6.45) is 7.94. The number of hydrogen-bond donors (Lipinski definition) is 2. The zero-order valence-corrected chi connectivity index (χ0v) is 18.1. The van der Waals surface area contributed by atoms with Crippen molar-refractivity contribution in [3.8, 4) is 11.1 Å². The molecule has 0 bridgehead atoms. The molecule has 1 aromatic carbocycles. The molecule has 0 saturated carbocycles. The van der Waals surface area contributed by atoms with Crippen molar-refractivity contribution in [3.63, 3.8) is 0 Å². The molecule has 2 aliphatic rings. The van der Waals surface area contributed by atoms with E-state index in [1.54, 1.807) is 12.3 Å². The first-order valence-electron chi connectivity index (χ1n) is 11.7.